The molecule has 2 aromatic rings. The molecule has 2 aliphatic heterocycles. The number of fused-ring (bicyclic) bond motifs is 1. The van der Waals surface area contributed by atoms with Crippen molar-refractivity contribution in [2.24, 2.45) is 5.92 Å². The lowest BCUT2D eigenvalue weighted by molar-refractivity contribution is 0.442. The Hall–Kier alpha value is -1.92. The second kappa shape index (κ2) is 5.13. The Kier molecular flexibility index (Phi) is 3.12. The Morgan fingerprint density at radius 1 is 1.00 bits per heavy atom. The predicted molar refractivity (Wildman–Crippen MR) is 81.5 cm³/mol. The van der Waals surface area contributed by atoms with Crippen LogP contribution in [-0.4, -0.2) is 51.6 Å². The smallest absolute Gasteiger partial charge is 0.229 e. The summed E-state index contributed by atoms with van der Waals surface area (Å²) in [4.78, 5) is 14.0. The van der Waals surface area contributed by atoms with E-state index in [9.17, 15) is 0 Å². The quantitative estimate of drug-likeness (QED) is 0.904. The zero-order valence-corrected chi connectivity index (χ0v) is 12.4. The van der Waals surface area contributed by atoms with Crippen LogP contribution in [0.3, 0.4) is 0 Å². The van der Waals surface area contributed by atoms with Gasteiger partial charge in [-0.15, -0.1) is 5.10 Å². The van der Waals surface area contributed by atoms with E-state index in [0.717, 1.165) is 43.5 Å². The summed E-state index contributed by atoms with van der Waals surface area (Å²) in [5.41, 5.74) is 1.48. The van der Waals surface area contributed by atoms with E-state index in [1.807, 2.05) is 0 Å². The fraction of sp³-hybridized carbons (Fsp3) is 0.714. The molecule has 0 spiro atoms. The fourth-order valence-electron chi connectivity index (χ4n) is 3.38. The van der Waals surface area contributed by atoms with Crippen LogP contribution in [-0.2, 0) is 0 Å². The minimum Gasteiger partial charge on any atom is -0.355 e. The molecule has 1 unspecified atom stereocenters. The third kappa shape index (κ3) is 2.30. The topological polar surface area (TPSA) is 73.8 Å². The normalized spacial score (nSPS) is 23.2. The van der Waals surface area contributed by atoms with Crippen molar-refractivity contribution >= 4 is 22.9 Å². The van der Waals surface area contributed by atoms with E-state index in [1.54, 1.807) is 0 Å². The van der Waals surface area contributed by atoms with Crippen LogP contribution in [0.5, 0.6) is 0 Å². The van der Waals surface area contributed by atoms with E-state index in [2.05, 4.69) is 37.1 Å². The molecule has 7 nitrogen and oxygen atoms in total. The van der Waals surface area contributed by atoms with E-state index in [-0.39, 0.29) is 0 Å². The second-order valence-corrected chi connectivity index (χ2v) is 6.23. The molecule has 1 atom stereocenters. The van der Waals surface area contributed by atoms with E-state index in [0.29, 0.717) is 11.6 Å². The van der Waals surface area contributed by atoms with Gasteiger partial charge in [-0.05, 0) is 31.6 Å². The lowest BCUT2D eigenvalue weighted by Crippen LogP contribution is -2.36. The van der Waals surface area contributed by atoms with Crippen molar-refractivity contribution < 1.29 is 0 Å². The second-order valence-electron chi connectivity index (χ2n) is 6.23. The van der Waals surface area contributed by atoms with E-state index >= 15 is 0 Å². The highest BCUT2D eigenvalue weighted by molar-refractivity contribution is 5.83. The molecule has 2 aliphatic rings. The van der Waals surface area contributed by atoms with Crippen molar-refractivity contribution in [1.29, 1.82) is 0 Å². The third-order valence-electron chi connectivity index (χ3n) is 4.50. The summed E-state index contributed by atoms with van der Waals surface area (Å²) in [5.74, 6) is 2.45. The number of aromatic amines is 1. The molecule has 7 heteroatoms. The monoisotopic (exact) mass is 287 g/mol. The molecule has 2 aromatic heterocycles. The minimum absolute atomic E-state index is 0.681. The van der Waals surface area contributed by atoms with Gasteiger partial charge in [-0.1, -0.05) is 6.92 Å². The maximum Gasteiger partial charge on any atom is 0.229 e. The summed E-state index contributed by atoms with van der Waals surface area (Å²) in [5, 5.41) is 11.1. The Bertz CT molecular complexity index is 631. The zero-order valence-electron chi connectivity index (χ0n) is 12.4. The molecule has 4 heterocycles. The van der Waals surface area contributed by atoms with Crippen LogP contribution in [0.1, 0.15) is 32.6 Å². The Labute approximate surface area is 123 Å². The molecule has 4 rings (SSSR count). The van der Waals surface area contributed by atoms with E-state index < -0.39 is 0 Å². The molecular weight excluding hydrogens is 266 g/mol. The maximum atomic E-state index is 4.83. The minimum atomic E-state index is 0.681. The van der Waals surface area contributed by atoms with Crippen LogP contribution in [0.25, 0.3) is 11.2 Å². The number of aromatic nitrogens is 5. The molecule has 21 heavy (non-hydrogen) atoms. The van der Waals surface area contributed by atoms with Crippen molar-refractivity contribution in [3.63, 3.8) is 0 Å². The first kappa shape index (κ1) is 12.8. The number of piperidine rings is 1. The van der Waals surface area contributed by atoms with Crippen LogP contribution >= 0.6 is 0 Å². The van der Waals surface area contributed by atoms with Crippen LogP contribution in [0.4, 0.5) is 11.8 Å². The van der Waals surface area contributed by atoms with Crippen molar-refractivity contribution in [1.82, 2.24) is 25.4 Å². The summed E-state index contributed by atoms with van der Waals surface area (Å²) in [6.07, 6.45) is 4.95. The number of nitrogens with one attached hydrogen (secondary N) is 1. The number of anilines is 2. The highest BCUT2D eigenvalue weighted by Gasteiger charge is 2.24. The summed E-state index contributed by atoms with van der Waals surface area (Å²) in [6.45, 7) is 6.46. The number of H-pyrrole nitrogens is 1. The van der Waals surface area contributed by atoms with Gasteiger partial charge in [0.25, 0.3) is 0 Å². The van der Waals surface area contributed by atoms with Gasteiger partial charge in [-0.3, -0.25) is 0 Å². The first-order valence-corrected chi connectivity index (χ1v) is 7.89. The average molecular weight is 287 g/mol. The van der Waals surface area contributed by atoms with Crippen molar-refractivity contribution in [2.75, 3.05) is 36.0 Å². The number of hydrogen-bond acceptors (Lipinski definition) is 6. The van der Waals surface area contributed by atoms with Gasteiger partial charge in [-0.2, -0.15) is 20.3 Å². The van der Waals surface area contributed by atoms with Crippen LogP contribution in [0, 0.1) is 5.92 Å². The van der Waals surface area contributed by atoms with Crippen LogP contribution in [0.15, 0.2) is 0 Å². The molecule has 0 amide bonds. The highest BCUT2D eigenvalue weighted by atomic mass is 15.4. The molecule has 0 bridgehead atoms. The SMILES string of the molecule is CC1CCCN(c2nc(N3CCCC3)c3n[nH]nc3n2)C1. The Balaban J connectivity index is 1.75. The van der Waals surface area contributed by atoms with E-state index in [4.69, 9.17) is 4.98 Å². The van der Waals surface area contributed by atoms with Gasteiger partial charge in [0.05, 0.1) is 0 Å². The highest BCUT2D eigenvalue weighted by Crippen LogP contribution is 2.28. The molecule has 0 saturated carbocycles. The molecule has 1 N–H and O–H groups in total. The lowest BCUT2D eigenvalue weighted by Gasteiger charge is -2.31. The summed E-state index contributed by atoms with van der Waals surface area (Å²) in [6, 6.07) is 0. The summed E-state index contributed by atoms with van der Waals surface area (Å²) >= 11 is 0. The van der Waals surface area contributed by atoms with Gasteiger partial charge >= 0.3 is 0 Å². The average Bonchev–Trinajstić information content (AvgIpc) is 3.17. The first-order chi connectivity index (χ1) is 10.3. The van der Waals surface area contributed by atoms with E-state index in [1.165, 1.54) is 25.7 Å². The lowest BCUT2D eigenvalue weighted by atomic mass is 10.0. The molecule has 2 fully saturated rings. The molecule has 0 aliphatic carbocycles. The zero-order chi connectivity index (χ0) is 14.2. The molecule has 112 valence electrons. The van der Waals surface area contributed by atoms with Crippen molar-refractivity contribution in [3.05, 3.63) is 0 Å². The van der Waals surface area contributed by atoms with Gasteiger partial charge in [0.2, 0.25) is 11.6 Å². The number of nitrogens with zero attached hydrogens (tertiary/aromatic N) is 6. The third-order valence-corrected chi connectivity index (χ3v) is 4.50. The molecule has 2 saturated heterocycles. The molecule has 0 aromatic carbocycles. The van der Waals surface area contributed by atoms with Crippen LogP contribution in [0.2, 0.25) is 0 Å². The predicted octanol–water partition coefficient (Wildman–Crippen LogP) is 1.58. The number of hydrogen-bond donors (Lipinski definition) is 1. The first-order valence-electron chi connectivity index (χ1n) is 7.89. The van der Waals surface area contributed by atoms with Gasteiger partial charge in [0.15, 0.2) is 11.3 Å². The van der Waals surface area contributed by atoms with Crippen molar-refractivity contribution in [2.45, 2.75) is 32.6 Å². The Morgan fingerprint density at radius 2 is 1.81 bits per heavy atom. The summed E-state index contributed by atoms with van der Waals surface area (Å²) in [7, 11) is 0. The van der Waals surface area contributed by atoms with Gasteiger partial charge in [0, 0.05) is 26.2 Å². The molecule has 0 radical (unpaired) electrons. The molecular formula is C14H21N7. The van der Waals surface area contributed by atoms with Crippen LogP contribution < -0.4 is 9.80 Å². The Morgan fingerprint density at radius 3 is 2.62 bits per heavy atom. The number of rotatable bonds is 2. The van der Waals surface area contributed by atoms with Gasteiger partial charge in [-0.25, -0.2) is 0 Å². The summed E-state index contributed by atoms with van der Waals surface area (Å²) < 4.78 is 0. The van der Waals surface area contributed by atoms with Crippen molar-refractivity contribution in [3.8, 4) is 0 Å². The van der Waals surface area contributed by atoms with Gasteiger partial charge in [0.1, 0.15) is 0 Å². The largest absolute Gasteiger partial charge is 0.355 e. The fourth-order valence-corrected chi connectivity index (χ4v) is 3.38. The maximum absolute atomic E-state index is 4.83. The standard InChI is InChI=1S/C14H21N7/c1-10-5-4-8-21(9-10)14-15-12-11(17-19-18-12)13(16-14)20-6-2-3-7-20/h10H,2-9H2,1H3,(H,15,16,17,18,19). The van der Waals surface area contributed by atoms with Gasteiger partial charge < -0.3 is 9.80 Å².